The van der Waals surface area contributed by atoms with E-state index in [9.17, 15) is 14.8 Å². The SMILES string of the molecule is CCCC1N2CCC(O)C1(c1ccc(OCc3ccccc3)cc1)C(O)C1OP3(=O)OC12O3. The van der Waals surface area contributed by atoms with Gasteiger partial charge in [0.25, 0.3) is 5.91 Å². The second-order valence-corrected chi connectivity index (χ2v) is 10.7. The van der Waals surface area contributed by atoms with Crippen LogP contribution >= 0.6 is 7.82 Å². The van der Waals surface area contributed by atoms with E-state index in [0.29, 0.717) is 31.7 Å². The molecule has 4 bridgehead atoms. The van der Waals surface area contributed by atoms with Crippen LogP contribution in [0.15, 0.2) is 54.6 Å². The average Bonchev–Trinajstić information content (AvgIpc) is 3.28. The Hall–Kier alpha value is -1.77. The monoisotopic (exact) mass is 473 g/mol. The summed E-state index contributed by atoms with van der Waals surface area (Å²) in [6, 6.07) is 17.2. The molecule has 2 N–H and O–H groups in total. The van der Waals surface area contributed by atoms with Gasteiger partial charge in [-0.05, 0) is 36.1 Å². The van der Waals surface area contributed by atoms with Crippen LogP contribution in [0.3, 0.4) is 0 Å². The molecule has 0 aromatic heterocycles. The lowest BCUT2D eigenvalue weighted by Crippen LogP contribution is -2.81. The Morgan fingerprint density at radius 1 is 1.12 bits per heavy atom. The second kappa shape index (κ2) is 7.62. The third-order valence-electron chi connectivity index (χ3n) is 7.55. The lowest BCUT2D eigenvalue weighted by atomic mass is 9.58. The maximum atomic E-state index is 12.5. The van der Waals surface area contributed by atoms with Crippen LogP contribution < -0.4 is 4.74 Å². The minimum atomic E-state index is -3.64. The number of hydrogen-bond acceptors (Lipinski definition) is 8. The molecule has 2 aromatic carbocycles. The summed E-state index contributed by atoms with van der Waals surface area (Å²) in [6.45, 7) is 3.01. The first kappa shape index (κ1) is 21.7. The van der Waals surface area contributed by atoms with Gasteiger partial charge in [-0.1, -0.05) is 55.8 Å². The number of aliphatic hydroxyl groups excluding tert-OH is 2. The molecule has 9 heteroatoms. The fourth-order valence-electron chi connectivity index (χ4n) is 6.16. The molecule has 5 heterocycles. The predicted molar refractivity (Wildman–Crippen MR) is 118 cm³/mol. The van der Waals surface area contributed by atoms with Crippen molar-refractivity contribution >= 4 is 7.82 Å². The average molecular weight is 473 g/mol. The van der Waals surface area contributed by atoms with Gasteiger partial charge < -0.3 is 14.9 Å². The second-order valence-electron chi connectivity index (χ2n) is 9.27. The minimum Gasteiger partial charge on any atom is -0.489 e. The molecular weight excluding hydrogens is 445 g/mol. The van der Waals surface area contributed by atoms with Gasteiger partial charge in [-0.15, -0.1) is 0 Å². The van der Waals surface area contributed by atoms with Crippen molar-refractivity contribution in [1.29, 1.82) is 0 Å². The molecule has 8 nitrogen and oxygen atoms in total. The molecule has 5 saturated heterocycles. The molecule has 0 saturated carbocycles. The molecule has 6 atom stereocenters. The van der Waals surface area contributed by atoms with Crippen molar-refractivity contribution in [3.05, 3.63) is 65.7 Å². The van der Waals surface area contributed by atoms with Gasteiger partial charge in [0.05, 0.1) is 11.5 Å². The molecule has 5 aliphatic rings. The first-order valence-corrected chi connectivity index (χ1v) is 13.0. The van der Waals surface area contributed by atoms with E-state index in [1.54, 1.807) is 0 Å². The van der Waals surface area contributed by atoms with Crippen molar-refractivity contribution in [3.63, 3.8) is 0 Å². The molecule has 7 rings (SSSR count). The largest absolute Gasteiger partial charge is 0.489 e. The van der Waals surface area contributed by atoms with Gasteiger partial charge in [0.1, 0.15) is 18.5 Å². The van der Waals surface area contributed by atoms with Crippen LogP contribution in [0.25, 0.3) is 0 Å². The zero-order valence-electron chi connectivity index (χ0n) is 18.4. The summed E-state index contributed by atoms with van der Waals surface area (Å²) in [5, 5.41) is 23.0. The fourth-order valence-corrected chi connectivity index (χ4v) is 7.85. The summed E-state index contributed by atoms with van der Waals surface area (Å²) < 4.78 is 35.3. The number of phosphoric acid groups is 1. The van der Waals surface area contributed by atoms with Crippen molar-refractivity contribution in [2.75, 3.05) is 6.54 Å². The maximum Gasteiger partial charge on any atom is 0.482 e. The van der Waals surface area contributed by atoms with Gasteiger partial charge in [-0.3, -0.25) is 4.52 Å². The number of hydrogen-bond donors (Lipinski definition) is 2. The summed E-state index contributed by atoms with van der Waals surface area (Å²) >= 11 is 0. The fraction of sp³-hybridized carbons (Fsp3) is 0.500. The van der Waals surface area contributed by atoms with E-state index in [4.69, 9.17) is 18.3 Å². The lowest BCUT2D eigenvalue weighted by molar-refractivity contribution is -0.350. The summed E-state index contributed by atoms with van der Waals surface area (Å²) in [5.74, 6) is -0.637. The van der Waals surface area contributed by atoms with E-state index >= 15 is 0 Å². The Morgan fingerprint density at radius 2 is 1.85 bits per heavy atom. The highest BCUT2D eigenvalue weighted by Crippen LogP contribution is 2.78. The van der Waals surface area contributed by atoms with Gasteiger partial charge in [0.15, 0.2) is 6.10 Å². The molecule has 33 heavy (non-hydrogen) atoms. The first-order chi connectivity index (χ1) is 15.9. The van der Waals surface area contributed by atoms with Gasteiger partial charge in [-0.25, -0.2) is 18.5 Å². The molecule has 0 aliphatic carbocycles. The summed E-state index contributed by atoms with van der Waals surface area (Å²) in [5.41, 5.74) is 0.826. The highest BCUT2D eigenvalue weighted by molar-refractivity contribution is 7.50. The number of benzene rings is 2. The van der Waals surface area contributed by atoms with Crippen LogP contribution in [0.1, 0.15) is 37.3 Å². The quantitative estimate of drug-likeness (QED) is 0.617. The Morgan fingerprint density at radius 3 is 2.55 bits per heavy atom. The van der Waals surface area contributed by atoms with Gasteiger partial charge >= 0.3 is 7.82 Å². The van der Waals surface area contributed by atoms with Crippen molar-refractivity contribution < 1.29 is 33.1 Å². The molecule has 0 radical (unpaired) electrons. The summed E-state index contributed by atoms with van der Waals surface area (Å²) in [7, 11) is -3.64. The first-order valence-electron chi connectivity index (χ1n) is 11.5. The zero-order valence-corrected chi connectivity index (χ0v) is 19.3. The third-order valence-corrected chi connectivity index (χ3v) is 9.01. The maximum absolute atomic E-state index is 12.5. The molecule has 0 amide bonds. The van der Waals surface area contributed by atoms with Crippen molar-refractivity contribution in [3.8, 4) is 5.75 Å². The van der Waals surface area contributed by atoms with Gasteiger partial charge in [0, 0.05) is 12.6 Å². The van der Waals surface area contributed by atoms with Gasteiger partial charge in [-0.2, -0.15) is 0 Å². The van der Waals surface area contributed by atoms with Crippen LogP contribution in [-0.4, -0.2) is 51.9 Å². The van der Waals surface area contributed by atoms with E-state index < -0.39 is 37.5 Å². The molecule has 6 unspecified atom stereocenters. The van der Waals surface area contributed by atoms with E-state index in [2.05, 4.69) is 6.92 Å². The molecule has 1 spiro atoms. The molecule has 176 valence electrons. The number of aliphatic hydroxyl groups is 2. The third kappa shape index (κ3) is 2.96. The molecular formula is C24H28NO7P. The lowest BCUT2D eigenvalue weighted by Gasteiger charge is -2.64. The molecule has 5 fully saturated rings. The molecule has 5 aliphatic heterocycles. The van der Waals surface area contributed by atoms with Crippen LogP contribution in [0.5, 0.6) is 5.75 Å². The highest BCUT2D eigenvalue weighted by atomic mass is 31.2. The van der Waals surface area contributed by atoms with Crippen LogP contribution in [-0.2, 0) is 30.2 Å². The highest BCUT2D eigenvalue weighted by Gasteiger charge is 2.83. The number of fused-ring (bicyclic) bond motifs is 2. The summed E-state index contributed by atoms with van der Waals surface area (Å²) in [6.07, 6.45) is -0.965. The van der Waals surface area contributed by atoms with Crippen molar-refractivity contribution in [2.24, 2.45) is 0 Å². The summed E-state index contributed by atoms with van der Waals surface area (Å²) in [4.78, 5) is 2.00. The van der Waals surface area contributed by atoms with Gasteiger partial charge in [0.2, 0.25) is 0 Å². The smallest absolute Gasteiger partial charge is 0.482 e. The van der Waals surface area contributed by atoms with Crippen LogP contribution in [0.2, 0.25) is 0 Å². The Balaban J connectivity index is 1.35. The van der Waals surface area contributed by atoms with Crippen LogP contribution in [0.4, 0.5) is 0 Å². The van der Waals surface area contributed by atoms with Crippen molar-refractivity contribution in [1.82, 2.24) is 4.90 Å². The normalized spacial score (nSPS) is 42.9. The zero-order chi connectivity index (χ0) is 22.8. The number of rotatable bonds is 6. The number of phosphoric ester groups is 1. The standard InChI is InChI=1S/C24H28NO7P/c1-2-6-19-23(17-9-11-18(12-10-17)29-15-16-7-4-3-5-8-16)20(26)13-14-25(19)24-22(21(23)27)30-33(28,31-24)32-24/h3-5,7-12,19-22,26-27H,2,6,13-15H2,1H3. The Labute approximate surface area is 192 Å². The van der Waals surface area contributed by atoms with E-state index in [-0.39, 0.29) is 6.04 Å². The number of piperidine rings is 2. The van der Waals surface area contributed by atoms with E-state index in [1.165, 1.54) is 0 Å². The Kier molecular flexibility index (Phi) is 5.02. The topological polar surface area (TPSA) is 97.7 Å². The van der Waals surface area contributed by atoms with E-state index in [0.717, 1.165) is 17.5 Å². The molecule has 2 aromatic rings. The van der Waals surface area contributed by atoms with Crippen LogP contribution in [0, 0.1) is 0 Å². The van der Waals surface area contributed by atoms with E-state index in [1.807, 2.05) is 59.5 Å². The minimum absolute atomic E-state index is 0.274. The predicted octanol–water partition coefficient (Wildman–Crippen LogP) is 3.32. The Bertz CT molecular complexity index is 1070. The number of nitrogens with zero attached hydrogens (tertiary/aromatic N) is 1. The van der Waals surface area contributed by atoms with Crippen molar-refractivity contribution in [2.45, 2.75) is 68.5 Å². The number of ether oxygens (including phenoxy) is 1.